The van der Waals surface area contributed by atoms with Crippen molar-refractivity contribution in [1.82, 2.24) is 4.98 Å². The van der Waals surface area contributed by atoms with Gasteiger partial charge in [0.25, 0.3) is 0 Å². The van der Waals surface area contributed by atoms with Crippen molar-refractivity contribution in [1.29, 1.82) is 0 Å². The molecular formula is C22H27FN2O3. The average Bonchev–Trinajstić information content (AvgIpc) is 2.73. The Bertz CT molecular complexity index is 756. The highest BCUT2D eigenvalue weighted by Gasteiger charge is 2.41. The van der Waals surface area contributed by atoms with Crippen molar-refractivity contribution >= 4 is 11.6 Å². The SMILES string of the molecule is CCOCCOc1ccc(NC(=O)C2(c3ccc(F)cc3)CCCCC2)cn1. The number of carbonyl (C=O) groups is 1. The van der Waals surface area contributed by atoms with Gasteiger partial charge in [-0.15, -0.1) is 0 Å². The van der Waals surface area contributed by atoms with Gasteiger partial charge in [0.05, 0.1) is 23.9 Å². The zero-order valence-electron chi connectivity index (χ0n) is 16.2. The molecule has 1 aliphatic carbocycles. The molecule has 5 nitrogen and oxygen atoms in total. The van der Waals surface area contributed by atoms with Crippen molar-refractivity contribution in [3.63, 3.8) is 0 Å². The summed E-state index contributed by atoms with van der Waals surface area (Å²) in [6.45, 7) is 3.52. The lowest BCUT2D eigenvalue weighted by molar-refractivity contribution is -0.122. The number of pyridine rings is 1. The number of carbonyl (C=O) groups excluding carboxylic acids is 1. The molecule has 1 saturated carbocycles. The number of hydrogen-bond acceptors (Lipinski definition) is 4. The highest BCUT2D eigenvalue weighted by atomic mass is 19.1. The Kier molecular flexibility index (Phi) is 6.98. The third-order valence-electron chi connectivity index (χ3n) is 5.21. The van der Waals surface area contributed by atoms with Crippen molar-refractivity contribution in [3.05, 3.63) is 54.0 Å². The fourth-order valence-corrected chi connectivity index (χ4v) is 3.71. The maximum Gasteiger partial charge on any atom is 0.235 e. The van der Waals surface area contributed by atoms with Crippen LogP contribution in [0.25, 0.3) is 0 Å². The first-order chi connectivity index (χ1) is 13.6. The molecule has 1 aromatic heterocycles. The lowest BCUT2D eigenvalue weighted by atomic mass is 9.68. The maximum absolute atomic E-state index is 13.4. The van der Waals surface area contributed by atoms with Gasteiger partial charge in [-0.25, -0.2) is 9.37 Å². The third-order valence-corrected chi connectivity index (χ3v) is 5.21. The lowest BCUT2D eigenvalue weighted by Gasteiger charge is -2.36. The third kappa shape index (κ3) is 4.87. The number of ether oxygens (including phenoxy) is 2. The van der Waals surface area contributed by atoms with Gasteiger partial charge in [0, 0.05) is 12.7 Å². The number of benzene rings is 1. The van der Waals surface area contributed by atoms with Gasteiger partial charge in [-0.05, 0) is 43.5 Å². The van der Waals surface area contributed by atoms with Crippen LogP contribution in [0.15, 0.2) is 42.6 Å². The minimum atomic E-state index is -0.626. The molecule has 1 aromatic carbocycles. The van der Waals surface area contributed by atoms with E-state index in [0.717, 1.165) is 37.7 Å². The van der Waals surface area contributed by atoms with E-state index in [1.54, 1.807) is 30.5 Å². The Labute approximate surface area is 165 Å². The monoisotopic (exact) mass is 386 g/mol. The van der Waals surface area contributed by atoms with Crippen molar-refractivity contribution in [3.8, 4) is 5.88 Å². The van der Waals surface area contributed by atoms with Crippen molar-refractivity contribution in [2.75, 3.05) is 25.1 Å². The molecule has 6 heteroatoms. The molecule has 1 fully saturated rings. The summed E-state index contributed by atoms with van der Waals surface area (Å²) in [5.41, 5.74) is 0.864. The van der Waals surface area contributed by atoms with E-state index in [1.165, 1.54) is 12.1 Å². The van der Waals surface area contributed by atoms with E-state index in [4.69, 9.17) is 9.47 Å². The molecule has 1 amide bonds. The number of nitrogens with zero attached hydrogens (tertiary/aromatic N) is 1. The number of anilines is 1. The first-order valence-corrected chi connectivity index (χ1v) is 9.88. The molecule has 1 N–H and O–H groups in total. The van der Waals surface area contributed by atoms with Crippen molar-refractivity contribution < 1.29 is 18.7 Å². The summed E-state index contributed by atoms with van der Waals surface area (Å²) in [5, 5.41) is 2.99. The minimum absolute atomic E-state index is 0.0642. The summed E-state index contributed by atoms with van der Waals surface area (Å²) in [6.07, 6.45) is 6.19. The van der Waals surface area contributed by atoms with Gasteiger partial charge in [0.2, 0.25) is 11.8 Å². The van der Waals surface area contributed by atoms with E-state index in [-0.39, 0.29) is 11.7 Å². The Balaban J connectivity index is 1.69. The maximum atomic E-state index is 13.4. The van der Waals surface area contributed by atoms with Crippen LogP contribution in [0, 0.1) is 5.82 Å². The van der Waals surface area contributed by atoms with Crippen LogP contribution in [0.2, 0.25) is 0 Å². The highest BCUT2D eigenvalue weighted by molar-refractivity contribution is 5.99. The summed E-state index contributed by atoms with van der Waals surface area (Å²) in [6, 6.07) is 9.82. The first kappa shape index (κ1) is 20.3. The molecule has 2 aromatic rings. The molecule has 0 radical (unpaired) electrons. The summed E-state index contributed by atoms with van der Waals surface area (Å²) in [5.74, 6) is 0.133. The van der Waals surface area contributed by atoms with Crippen molar-refractivity contribution in [2.45, 2.75) is 44.4 Å². The summed E-state index contributed by atoms with van der Waals surface area (Å²) < 4.78 is 24.1. The smallest absolute Gasteiger partial charge is 0.235 e. The highest BCUT2D eigenvalue weighted by Crippen LogP contribution is 2.40. The van der Waals surface area contributed by atoms with Crippen LogP contribution in [-0.4, -0.2) is 30.7 Å². The van der Waals surface area contributed by atoms with Crippen LogP contribution in [0.5, 0.6) is 5.88 Å². The largest absolute Gasteiger partial charge is 0.475 e. The molecule has 0 unspecified atom stereocenters. The molecule has 1 aliphatic rings. The van der Waals surface area contributed by atoms with Gasteiger partial charge < -0.3 is 14.8 Å². The molecule has 3 rings (SSSR count). The molecule has 28 heavy (non-hydrogen) atoms. The molecular weight excluding hydrogens is 359 g/mol. The molecule has 0 aliphatic heterocycles. The second-order valence-corrected chi connectivity index (χ2v) is 7.03. The zero-order valence-corrected chi connectivity index (χ0v) is 16.2. The average molecular weight is 386 g/mol. The van der Waals surface area contributed by atoms with Gasteiger partial charge in [0.15, 0.2) is 0 Å². The minimum Gasteiger partial charge on any atom is -0.475 e. The summed E-state index contributed by atoms with van der Waals surface area (Å²) in [7, 11) is 0. The fourth-order valence-electron chi connectivity index (χ4n) is 3.71. The number of hydrogen-bond donors (Lipinski definition) is 1. The number of amides is 1. The lowest BCUT2D eigenvalue weighted by Crippen LogP contribution is -2.42. The number of halogens is 1. The summed E-state index contributed by atoms with van der Waals surface area (Å²) in [4.78, 5) is 17.5. The topological polar surface area (TPSA) is 60.5 Å². The van der Waals surface area contributed by atoms with Gasteiger partial charge >= 0.3 is 0 Å². The molecule has 150 valence electrons. The Hall–Kier alpha value is -2.47. The van der Waals surface area contributed by atoms with Gasteiger partial charge in [-0.2, -0.15) is 0 Å². The Morgan fingerprint density at radius 1 is 1.11 bits per heavy atom. The first-order valence-electron chi connectivity index (χ1n) is 9.88. The van der Waals surface area contributed by atoms with Crippen LogP contribution in [-0.2, 0) is 14.9 Å². The number of rotatable bonds is 8. The number of aromatic nitrogens is 1. The molecule has 0 atom stereocenters. The van der Waals surface area contributed by atoms with Crippen molar-refractivity contribution in [2.24, 2.45) is 0 Å². The van der Waals surface area contributed by atoms with Crippen LogP contribution in [0.3, 0.4) is 0 Å². The van der Waals surface area contributed by atoms with E-state index >= 15 is 0 Å². The second kappa shape index (κ2) is 9.64. The Morgan fingerprint density at radius 3 is 2.50 bits per heavy atom. The standard InChI is InChI=1S/C22H27FN2O3/c1-2-27-14-15-28-20-11-10-19(16-24-20)25-21(26)22(12-4-3-5-13-22)17-6-8-18(23)9-7-17/h6-11,16H,2-5,12-15H2,1H3,(H,25,26). The quantitative estimate of drug-likeness (QED) is 0.680. The normalized spacial score (nSPS) is 15.8. The summed E-state index contributed by atoms with van der Waals surface area (Å²) >= 11 is 0. The van der Waals surface area contributed by atoms with Crippen LogP contribution in [0.4, 0.5) is 10.1 Å². The fraction of sp³-hybridized carbons (Fsp3) is 0.455. The van der Waals surface area contributed by atoms with Crippen LogP contribution < -0.4 is 10.1 Å². The molecule has 1 heterocycles. The Morgan fingerprint density at radius 2 is 1.86 bits per heavy atom. The van der Waals surface area contributed by atoms with Gasteiger partial charge in [-0.1, -0.05) is 31.4 Å². The molecule has 0 bridgehead atoms. The van der Waals surface area contributed by atoms with E-state index in [2.05, 4.69) is 10.3 Å². The van der Waals surface area contributed by atoms with Gasteiger partial charge in [0.1, 0.15) is 12.4 Å². The number of nitrogens with one attached hydrogen (secondary N) is 1. The zero-order chi connectivity index (χ0) is 19.8. The van der Waals surface area contributed by atoms with Gasteiger partial charge in [-0.3, -0.25) is 4.79 Å². The van der Waals surface area contributed by atoms with Crippen LogP contribution in [0.1, 0.15) is 44.6 Å². The molecule has 0 saturated heterocycles. The van der Waals surface area contributed by atoms with Crippen LogP contribution >= 0.6 is 0 Å². The molecule has 0 spiro atoms. The predicted molar refractivity (Wildman–Crippen MR) is 106 cm³/mol. The van der Waals surface area contributed by atoms with E-state index in [0.29, 0.717) is 31.4 Å². The van der Waals surface area contributed by atoms with E-state index < -0.39 is 5.41 Å². The second-order valence-electron chi connectivity index (χ2n) is 7.03. The van der Waals surface area contributed by atoms with E-state index in [1.807, 2.05) is 6.92 Å². The predicted octanol–water partition coefficient (Wildman–Crippen LogP) is 4.48. The van der Waals surface area contributed by atoms with E-state index in [9.17, 15) is 9.18 Å².